The predicted octanol–water partition coefficient (Wildman–Crippen LogP) is 2.03. The van der Waals surface area contributed by atoms with Crippen LogP contribution in [0, 0.1) is 11.3 Å². The molecule has 6 nitrogen and oxygen atoms in total. The standard InChI is InChI=1S/C16H16ClNO5/c1-8-13(14(20)21)12(17)6-11(16(8,7-18)15(22)23)9-3-2-4-10(19)5-9/h2-6,8,19H,7,18H2,1H3,(H,20,21)(H,22,23). The first kappa shape index (κ1) is 17.1. The van der Waals surface area contributed by atoms with Crippen molar-refractivity contribution < 1.29 is 24.9 Å². The van der Waals surface area contributed by atoms with Crippen LogP contribution in [0.3, 0.4) is 0 Å². The first-order valence-electron chi connectivity index (χ1n) is 6.83. The van der Waals surface area contributed by atoms with Gasteiger partial charge in [-0.1, -0.05) is 30.7 Å². The van der Waals surface area contributed by atoms with E-state index in [2.05, 4.69) is 0 Å². The number of benzene rings is 1. The summed E-state index contributed by atoms with van der Waals surface area (Å²) in [7, 11) is 0. The number of hydrogen-bond donors (Lipinski definition) is 4. The molecule has 0 radical (unpaired) electrons. The van der Waals surface area contributed by atoms with Crippen molar-refractivity contribution in [1.82, 2.24) is 0 Å². The monoisotopic (exact) mass is 337 g/mol. The van der Waals surface area contributed by atoms with E-state index in [1.165, 1.54) is 25.1 Å². The molecule has 0 saturated heterocycles. The van der Waals surface area contributed by atoms with Gasteiger partial charge in [-0.25, -0.2) is 4.79 Å². The number of rotatable bonds is 4. The molecular formula is C16H16ClNO5. The Balaban J connectivity index is 2.80. The summed E-state index contributed by atoms with van der Waals surface area (Å²) in [6.45, 7) is 1.16. The molecule has 1 aromatic rings. The van der Waals surface area contributed by atoms with Crippen molar-refractivity contribution in [2.24, 2.45) is 17.1 Å². The van der Waals surface area contributed by atoms with E-state index in [0.717, 1.165) is 0 Å². The largest absolute Gasteiger partial charge is 0.508 e. The first-order valence-corrected chi connectivity index (χ1v) is 7.21. The van der Waals surface area contributed by atoms with Gasteiger partial charge in [0, 0.05) is 12.5 Å². The van der Waals surface area contributed by atoms with Crippen LogP contribution in [0.1, 0.15) is 12.5 Å². The Kier molecular flexibility index (Phi) is 4.49. The van der Waals surface area contributed by atoms with Crippen LogP contribution in [0.15, 0.2) is 40.9 Å². The maximum atomic E-state index is 12.0. The number of phenols is 1. The van der Waals surface area contributed by atoms with Gasteiger partial charge in [0.15, 0.2) is 0 Å². The number of aromatic hydroxyl groups is 1. The summed E-state index contributed by atoms with van der Waals surface area (Å²) in [6.07, 6.45) is 1.31. The van der Waals surface area contributed by atoms with Crippen molar-refractivity contribution in [2.75, 3.05) is 6.54 Å². The Morgan fingerprint density at radius 3 is 2.48 bits per heavy atom. The van der Waals surface area contributed by atoms with Gasteiger partial charge in [-0.05, 0) is 29.3 Å². The van der Waals surface area contributed by atoms with Gasteiger partial charge in [-0.15, -0.1) is 0 Å². The fourth-order valence-electron chi connectivity index (χ4n) is 3.00. The first-order chi connectivity index (χ1) is 10.8. The summed E-state index contributed by atoms with van der Waals surface area (Å²) in [5.74, 6) is -3.52. The second-order valence-electron chi connectivity index (χ2n) is 5.38. The Morgan fingerprint density at radius 2 is 2.00 bits per heavy atom. The van der Waals surface area contributed by atoms with E-state index in [-0.39, 0.29) is 28.5 Å². The number of halogens is 1. The van der Waals surface area contributed by atoms with Crippen LogP contribution in [0.2, 0.25) is 0 Å². The number of phenolic OH excluding ortho intramolecular Hbond substituents is 1. The molecule has 2 atom stereocenters. The zero-order valence-electron chi connectivity index (χ0n) is 12.3. The molecule has 7 heteroatoms. The van der Waals surface area contributed by atoms with Gasteiger partial charge in [-0.2, -0.15) is 0 Å². The van der Waals surface area contributed by atoms with Crippen LogP contribution in [-0.4, -0.2) is 33.8 Å². The molecule has 0 fully saturated rings. The van der Waals surface area contributed by atoms with Crippen molar-refractivity contribution in [3.63, 3.8) is 0 Å². The second-order valence-corrected chi connectivity index (χ2v) is 5.78. The summed E-state index contributed by atoms with van der Waals surface area (Å²) in [6, 6.07) is 6.01. The second kappa shape index (κ2) is 6.06. The molecule has 5 N–H and O–H groups in total. The van der Waals surface area contributed by atoms with Gasteiger partial charge in [0.2, 0.25) is 0 Å². The Bertz CT molecular complexity index is 740. The highest BCUT2D eigenvalue weighted by atomic mass is 35.5. The Morgan fingerprint density at radius 1 is 1.35 bits per heavy atom. The third-order valence-corrected chi connectivity index (χ3v) is 4.59. The number of carboxylic acids is 2. The zero-order chi connectivity index (χ0) is 17.4. The van der Waals surface area contributed by atoms with Crippen molar-refractivity contribution >= 4 is 29.1 Å². The lowest BCUT2D eigenvalue weighted by atomic mass is 9.63. The van der Waals surface area contributed by atoms with E-state index in [0.29, 0.717) is 5.56 Å². The normalized spacial score (nSPS) is 24.3. The fourth-order valence-corrected chi connectivity index (χ4v) is 3.35. The smallest absolute Gasteiger partial charge is 0.333 e. The molecule has 2 rings (SSSR count). The molecule has 0 amide bonds. The van der Waals surface area contributed by atoms with Gasteiger partial charge in [0.1, 0.15) is 11.2 Å². The molecule has 1 aliphatic rings. The topological polar surface area (TPSA) is 121 Å². The number of aliphatic carboxylic acids is 2. The van der Waals surface area contributed by atoms with Crippen molar-refractivity contribution in [3.05, 3.63) is 46.5 Å². The van der Waals surface area contributed by atoms with Gasteiger partial charge in [0.25, 0.3) is 0 Å². The molecule has 0 bridgehead atoms. The molecular weight excluding hydrogens is 322 g/mol. The maximum Gasteiger partial charge on any atom is 0.333 e. The quantitative estimate of drug-likeness (QED) is 0.667. The molecule has 0 heterocycles. The average Bonchev–Trinajstić information content (AvgIpc) is 2.46. The number of hydrogen-bond acceptors (Lipinski definition) is 4. The lowest BCUT2D eigenvalue weighted by Crippen LogP contribution is -2.48. The lowest BCUT2D eigenvalue weighted by molar-refractivity contribution is -0.147. The Labute approximate surface area is 137 Å². The number of allylic oxidation sites excluding steroid dienone is 2. The number of carbonyl (C=O) groups is 2. The Hall–Kier alpha value is -2.31. The minimum atomic E-state index is -1.65. The van der Waals surface area contributed by atoms with Crippen LogP contribution in [-0.2, 0) is 9.59 Å². The average molecular weight is 338 g/mol. The van der Waals surface area contributed by atoms with Gasteiger partial charge >= 0.3 is 11.9 Å². The van der Waals surface area contributed by atoms with E-state index in [4.69, 9.17) is 17.3 Å². The molecule has 122 valence electrons. The van der Waals surface area contributed by atoms with E-state index < -0.39 is 23.3 Å². The van der Waals surface area contributed by atoms with Gasteiger partial charge in [0.05, 0.1) is 10.6 Å². The summed E-state index contributed by atoms with van der Waals surface area (Å²) >= 11 is 6.07. The van der Waals surface area contributed by atoms with E-state index in [9.17, 15) is 24.9 Å². The number of nitrogens with two attached hydrogens (primary N) is 1. The molecule has 0 aliphatic heterocycles. The number of carboxylic acid groups (broad SMARTS) is 2. The summed E-state index contributed by atoms with van der Waals surface area (Å²) in [5.41, 5.74) is 4.61. The minimum Gasteiger partial charge on any atom is -0.508 e. The van der Waals surface area contributed by atoms with Crippen LogP contribution < -0.4 is 5.73 Å². The van der Waals surface area contributed by atoms with Crippen LogP contribution >= 0.6 is 11.6 Å². The molecule has 2 unspecified atom stereocenters. The van der Waals surface area contributed by atoms with Crippen LogP contribution in [0.5, 0.6) is 5.75 Å². The van der Waals surface area contributed by atoms with Crippen LogP contribution in [0.25, 0.3) is 5.57 Å². The van der Waals surface area contributed by atoms with E-state index in [1.807, 2.05) is 0 Å². The predicted molar refractivity (Wildman–Crippen MR) is 84.9 cm³/mol. The molecule has 23 heavy (non-hydrogen) atoms. The third-order valence-electron chi connectivity index (χ3n) is 4.27. The lowest BCUT2D eigenvalue weighted by Gasteiger charge is -2.39. The minimum absolute atomic E-state index is 0.0449. The van der Waals surface area contributed by atoms with Crippen LogP contribution in [0.4, 0.5) is 0 Å². The zero-order valence-corrected chi connectivity index (χ0v) is 13.0. The molecule has 1 aliphatic carbocycles. The highest BCUT2D eigenvalue weighted by Gasteiger charge is 2.51. The SMILES string of the molecule is CC1C(C(=O)O)=C(Cl)C=C(c2cccc(O)c2)C1(CN)C(=O)O. The fraction of sp³-hybridized carbons (Fsp3) is 0.250. The van der Waals surface area contributed by atoms with Crippen molar-refractivity contribution in [1.29, 1.82) is 0 Å². The van der Waals surface area contributed by atoms with E-state index >= 15 is 0 Å². The summed E-state index contributed by atoms with van der Waals surface area (Å²) in [5, 5.41) is 28.8. The molecule has 0 spiro atoms. The maximum absolute atomic E-state index is 12.0. The van der Waals surface area contributed by atoms with Gasteiger partial charge < -0.3 is 21.1 Å². The summed E-state index contributed by atoms with van der Waals surface area (Å²) < 4.78 is 0. The molecule has 1 aromatic carbocycles. The van der Waals surface area contributed by atoms with Crippen molar-refractivity contribution in [3.8, 4) is 5.75 Å². The van der Waals surface area contributed by atoms with E-state index in [1.54, 1.807) is 12.1 Å². The molecule has 0 saturated carbocycles. The molecule has 0 aromatic heterocycles. The van der Waals surface area contributed by atoms with Gasteiger partial charge in [-0.3, -0.25) is 4.79 Å². The summed E-state index contributed by atoms with van der Waals surface area (Å²) in [4.78, 5) is 23.5. The highest BCUT2D eigenvalue weighted by Crippen LogP contribution is 2.50. The third kappa shape index (κ3) is 2.60. The highest BCUT2D eigenvalue weighted by molar-refractivity contribution is 6.34. The van der Waals surface area contributed by atoms with Crippen molar-refractivity contribution in [2.45, 2.75) is 6.92 Å².